The molecule has 0 saturated heterocycles. The molecule has 1 atom stereocenters. The zero-order chi connectivity index (χ0) is 15.3. The number of aryl methyl sites for hydroxylation is 2. The Labute approximate surface area is 131 Å². The first-order valence-electron chi connectivity index (χ1n) is 7.65. The minimum atomic E-state index is -0.854. The standard InChI is InChI=1S/C17H25NO2S/c1-17(18,16(19)20-2)10-3-4-11-21-15-9-8-13-6-5-7-14(13)12-15/h8-9,12H,3-7,10-11,18H2,1-2H3. The topological polar surface area (TPSA) is 52.3 Å². The Kier molecular flexibility index (Phi) is 5.71. The number of hydrogen-bond acceptors (Lipinski definition) is 4. The summed E-state index contributed by atoms with van der Waals surface area (Å²) >= 11 is 1.89. The number of unbranched alkanes of at least 4 members (excludes halogenated alkanes) is 1. The molecule has 0 aromatic heterocycles. The lowest BCUT2D eigenvalue weighted by atomic mass is 9.97. The summed E-state index contributed by atoms with van der Waals surface area (Å²) in [6.45, 7) is 1.74. The molecule has 4 heteroatoms. The van der Waals surface area contributed by atoms with E-state index in [-0.39, 0.29) is 5.97 Å². The van der Waals surface area contributed by atoms with Gasteiger partial charge in [-0.05, 0) is 68.0 Å². The Morgan fingerprint density at radius 3 is 2.86 bits per heavy atom. The van der Waals surface area contributed by atoms with Gasteiger partial charge in [-0.1, -0.05) is 12.5 Å². The predicted octanol–water partition coefficient (Wildman–Crippen LogP) is 3.33. The van der Waals surface area contributed by atoms with Crippen LogP contribution in [0, 0.1) is 0 Å². The van der Waals surface area contributed by atoms with Gasteiger partial charge in [0.25, 0.3) is 0 Å². The summed E-state index contributed by atoms with van der Waals surface area (Å²) in [6.07, 6.45) is 6.44. The van der Waals surface area contributed by atoms with Crippen molar-refractivity contribution in [3.63, 3.8) is 0 Å². The molecule has 1 unspecified atom stereocenters. The third-order valence-electron chi connectivity index (χ3n) is 4.08. The third-order valence-corrected chi connectivity index (χ3v) is 5.16. The van der Waals surface area contributed by atoms with E-state index in [9.17, 15) is 4.79 Å². The van der Waals surface area contributed by atoms with Gasteiger partial charge in [0.05, 0.1) is 7.11 Å². The van der Waals surface area contributed by atoms with E-state index >= 15 is 0 Å². The molecule has 1 aliphatic rings. The zero-order valence-corrected chi connectivity index (χ0v) is 13.8. The van der Waals surface area contributed by atoms with E-state index in [1.807, 2.05) is 11.8 Å². The van der Waals surface area contributed by atoms with Crippen LogP contribution in [0.25, 0.3) is 0 Å². The molecule has 2 N–H and O–H groups in total. The summed E-state index contributed by atoms with van der Waals surface area (Å²) in [5.41, 5.74) is 8.14. The first-order valence-corrected chi connectivity index (χ1v) is 8.63. The number of esters is 1. The fourth-order valence-corrected chi connectivity index (χ4v) is 3.73. The van der Waals surface area contributed by atoms with Crippen LogP contribution in [0.1, 0.15) is 43.7 Å². The Morgan fingerprint density at radius 1 is 1.33 bits per heavy atom. The second-order valence-electron chi connectivity index (χ2n) is 6.00. The van der Waals surface area contributed by atoms with E-state index in [2.05, 4.69) is 18.2 Å². The van der Waals surface area contributed by atoms with E-state index in [1.54, 1.807) is 6.92 Å². The SMILES string of the molecule is COC(=O)C(C)(N)CCCCSc1ccc2c(c1)CCC2. The fourth-order valence-electron chi connectivity index (χ4n) is 2.76. The average molecular weight is 307 g/mol. The van der Waals surface area contributed by atoms with Gasteiger partial charge in [0.1, 0.15) is 5.54 Å². The van der Waals surface area contributed by atoms with Crippen molar-refractivity contribution >= 4 is 17.7 Å². The number of methoxy groups -OCH3 is 1. The van der Waals surface area contributed by atoms with Gasteiger partial charge in [0, 0.05) is 4.90 Å². The van der Waals surface area contributed by atoms with Gasteiger partial charge >= 0.3 is 5.97 Å². The molecule has 0 radical (unpaired) electrons. The summed E-state index contributed by atoms with van der Waals surface area (Å²) in [5, 5.41) is 0. The van der Waals surface area contributed by atoms with E-state index < -0.39 is 5.54 Å². The number of nitrogens with two attached hydrogens (primary N) is 1. The fraction of sp³-hybridized carbons (Fsp3) is 0.588. The zero-order valence-electron chi connectivity index (χ0n) is 13.0. The molecule has 1 aromatic carbocycles. The second-order valence-corrected chi connectivity index (χ2v) is 7.17. The molecule has 0 amide bonds. The molecule has 3 nitrogen and oxygen atoms in total. The number of ether oxygens (including phenoxy) is 1. The van der Waals surface area contributed by atoms with Gasteiger partial charge < -0.3 is 10.5 Å². The third kappa shape index (κ3) is 4.48. The lowest BCUT2D eigenvalue weighted by molar-refractivity contribution is -0.146. The quantitative estimate of drug-likeness (QED) is 0.477. The van der Waals surface area contributed by atoms with Crippen molar-refractivity contribution in [3.8, 4) is 0 Å². The molecule has 0 fully saturated rings. The van der Waals surface area contributed by atoms with Crippen molar-refractivity contribution < 1.29 is 9.53 Å². The van der Waals surface area contributed by atoms with E-state index in [0.29, 0.717) is 6.42 Å². The van der Waals surface area contributed by atoms with Crippen LogP contribution in [-0.2, 0) is 22.4 Å². The number of thioether (sulfide) groups is 1. The van der Waals surface area contributed by atoms with Crippen LogP contribution in [0.5, 0.6) is 0 Å². The molecule has 21 heavy (non-hydrogen) atoms. The lowest BCUT2D eigenvalue weighted by Gasteiger charge is -2.20. The highest BCUT2D eigenvalue weighted by Crippen LogP contribution is 2.28. The normalized spacial score (nSPS) is 16.3. The molecular weight excluding hydrogens is 282 g/mol. The van der Waals surface area contributed by atoms with Gasteiger partial charge in [-0.2, -0.15) is 0 Å². The van der Waals surface area contributed by atoms with Gasteiger partial charge in [0.2, 0.25) is 0 Å². The second kappa shape index (κ2) is 7.32. The van der Waals surface area contributed by atoms with E-state index in [1.165, 1.54) is 42.4 Å². The predicted molar refractivity (Wildman–Crippen MR) is 87.7 cm³/mol. The summed E-state index contributed by atoms with van der Waals surface area (Å²) in [4.78, 5) is 12.8. The van der Waals surface area contributed by atoms with Gasteiger partial charge in [0.15, 0.2) is 0 Å². The highest BCUT2D eigenvalue weighted by Gasteiger charge is 2.28. The lowest BCUT2D eigenvalue weighted by Crippen LogP contribution is -2.45. The smallest absolute Gasteiger partial charge is 0.325 e. The van der Waals surface area contributed by atoms with Gasteiger partial charge in [-0.3, -0.25) is 4.79 Å². The summed E-state index contributed by atoms with van der Waals surface area (Å²) < 4.78 is 4.71. The van der Waals surface area contributed by atoms with Crippen molar-refractivity contribution in [2.75, 3.05) is 12.9 Å². The molecule has 2 rings (SSSR count). The Bertz CT molecular complexity index is 500. The molecule has 0 saturated carbocycles. The first kappa shape index (κ1) is 16.4. The number of rotatable bonds is 7. The van der Waals surface area contributed by atoms with Crippen LogP contribution >= 0.6 is 11.8 Å². The summed E-state index contributed by atoms with van der Waals surface area (Å²) in [6, 6.07) is 6.85. The summed E-state index contributed by atoms with van der Waals surface area (Å²) in [5.74, 6) is 0.740. The molecule has 0 aliphatic heterocycles. The molecule has 0 bridgehead atoms. The van der Waals surface area contributed by atoms with Gasteiger partial charge in [-0.15, -0.1) is 11.8 Å². The highest BCUT2D eigenvalue weighted by atomic mass is 32.2. The minimum absolute atomic E-state index is 0.325. The monoisotopic (exact) mass is 307 g/mol. The molecule has 1 aliphatic carbocycles. The highest BCUT2D eigenvalue weighted by molar-refractivity contribution is 7.99. The van der Waals surface area contributed by atoms with Crippen molar-refractivity contribution in [2.45, 2.75) is 55.9 Å². The number of carbonyl (C=O) groups is 1. The van der Waals surface area contributed by atoms with E-state index in [4.69, 9.17) is 10.5 Å². The minimum Gasteiger partial charge on any atom is -0.468 e. The van der Waals surface area contributed by atoms with Crippen LogP contribution in [0.3, 0.4) is 0 Å². The Balaban J connectivity index is 1.69. The summed E-state index contributed by atoms with van der Waals surface area (Å²) in [7, 11) is 1.39. The molecule has 0 heterocycles. The largest absolute Gasteiger partial charge is 0.468 e. The maximum absolute atomic E-state index is 11.5. The van der Waals surface area contributed by atoms with Crippen LogP contribution in [0.4, 0.5) is 0 Å². The van der Waals surface area contributed by atoms with Crippen LogP contribution < -0.4 is 5.73 Å². The van der Waals surface area contributed by atoms with Crippen LogP contribution in [0.2, 0.25) is 0 Å². The molecule has 116 valence electrons. The number of fused-ring (bicyclic) bond motifs is 1. The van der Waals surface area contributed by atoms with E-state index in [0.717, 1.165) is 18.6 Å². The molecular formula is C17H25NO2S. The van der Waals surface area contributed by atoms with Crippen molar-refractivity contribution in [2.24, 2.45) is 5.73 Å². The van der Waals surface area contributed by atoms with Crippen molar-refractivity contribution in [1.29, 1.82) is 0 Å². The average Bonchev–Trinajstić information content (AvgIpc) is 2.93. The van der Waals surface area contributed by atoms with Gasteiger partial charge in [-0.25, -0.2) is 0 Å². The van der Waals surface area contributed by atoms with Crippen molar-refractivity contribution in [3.05, 3.63) is 29.3 Å². The Morgan fingerprint density at radius 2 is 2.10 bits per heavy atom. The molecule has 1 aromatic rings. The van der Waals surface area contributed by atoms with Crippen LogP contribution in [-0.4, -0.2) is 24.4 Å². The maximum Gasteiger partial charge on any atom is 0.325 e. The number of benzene rings is 1. The number of carbonyl (C=O) groups excluding carboxylic acids is 1. The Hall–Kier alpha value is -1.00. The van der Waals surface area contributed by atoms with Crippen molar-refractivity contribution in [1.82, 2.24) is 0 Å². The maximum atomic E-state index is 11.5. The number of hydrogen-bond donors (Lipinski definition) is 1. The molecule has 0 spiro atoms. The van der Waals surface area contributed by atoms with Crippen LogP contribution in [0.15, 0.2) is 23.1 Å². The first-order chi connectivity index (χ1) is 10.0.